The number of benzene rings is 2. The Bertz CT molecular complexity index is 764. The molecule has 2 N–H and O–H groups in total. The molecular weight excluding hydrogens is 294 g/mol. The molecule has 1 aromatic heterocycles. The average molecular weight is 311 g/mol. The Morgan fingerprint density at radius 2 is 2.09 bits per heavy atom. The van der Waals surface area contributed by atoms with E-state index in [4.69, 9.17) is 0 Å². The van der Waals surface area contributed by atoms with Gasteiger partial charge in [-0.2, -0.15) is 0 Å². The topological polar surface area (TPSA) is 57.8 Å². The second kappa shape index (κ2) is 6.66. The van der Waals surface area contributed by atoms with Crippen LogP contribution in [0.3, 0.4) is 0 Å². The summed E-state index contributed by atoms with van der Waals surface area (Å²) in [5.74, 6) is 0.714. The van der Waals surface area contributed by atoms with Crippen LogP contribution < -0.4 is 5.32 Å². The molecule has 1 amide bonds. The Hall–Kier alpha value is -2.27. The standard InChI is InChI=1S/C17H17N3OS/c1-12-5-4-6-13(11-12)18-16(21)9-10-22-17-19-14-7-2-3-8-15(14)20-17/h2-8,11H,9-10H2,1H3,(H,18,21)(H,19,20). The largest absolute Gasteiger partial charge is 0.333 e. The fourth-order valence-corrected chi connectivity index (χ4v) is 3.01. The molecule has 0 aliphatic carbocycles. The highest BCUT2D eigenvalue weighted by Gasteiger charge is 2.06. The van der Waals surface area contributed by atoms with Gasteiger partial charge in [0, 0.05) is 17.9 Å². The molecule has 0 spiro atoms. The normalized spacial score (nSPS) is 10.8. The molecule has 112 valence electrons. The Morgan fingerprint density at radius 3 is 2.91 bits per heavy atom. The highest BCUT2D eigenvalue weighted by atomic mass is 32.2. The number of thioether (sulfide) groups is 1. The van der Waals surface area contributed by atoms with Gasteiger partial charge >= 0.3 is 0 Å². The lowest BCUT2D eigenvalue weighted by molar-refractivity contribution is -0.115. The van der Waals surface area contributed by atoms with Crippen LogP contribution >= 0.6 is 11.8 Å². The summed E-state index contributed by atoms with van der Waals surface area (Å²) in [6.45, 7) is 2.01. The van der Waals surface area contributed by atoms with Crippen LogP contribution in [0.15, 0.2) is 53.7 Å². The van der Waals surface area contributed by atoms with E-state index in [1.807, 2.05) is 55.5 Å². The van der Waals surface area contributed by atoms with E-state index >= 15 is 0 Å². The number of fused-ring (bicyclic) bond motifs is 1. The third-order valence-electron chi connectivity index (χ3n) is 3.24. The summed E-state index contributed by atoms with van der Waals surface area (Å²) in [4.78, 5) is 19.7. The number of amides is 1. The summed E-state index contributed by atoms with van der Waals surface area (Å²) in [5, 5.41) is 3.76. The van der Waals surface area contributed by atoms with Gasteiger partial charge in [0.25, 0.3) is 0 Å². The zero-order valence-corrected chi connectivity index (χ0v) is 13.1. The monoisotopic (exact) mass is 311 g/mol. The molecule has 0 aliphatic heterocycles. The summed E-state index contributed by atoms with van der Waals surface area (Å²) >= 11 is 1.56. The van der Waals surface area contributed by atoms with Crippen LogP contribution in [0.4, 0.5) is 5.69 Å². The molecule has 2 aromatic carbocycles. The van der Waals surface area contributed by atoms with E-state index in [2.05, 4.69) is 15.3 Å². The van der Waals surface area contributed by atoms with E-state index in [9.17, 15) is 4.79 Å². The van der Waals surface area contributed by atoms with Crippen molar-refractivity contribution in [1.82, 2.24) is 9.97 Å². The fraction of sp³-hybridized carbons (Fsp3) is 0.176. The van der Waals surface area contributed by atoms with Crippen LogP contribution in [0.5, 0.6) is 0 Å². The van der Waals surface area contributed by atoms with Crippen molar-refractivity contribution in [2.45, 2.75) is 18.5 Å². The quantitative estimate of drug-likeness (QED) is 0.700. The number of nitrogens with zero attached hydrogens (tertiary/aromatic N) is 1. The summed E-state index contributed by atoms with van der Waals surface area (Å²) in [6, 6.07) is 15.7. The highest BCUT2D eigenvalue weighted by Crippen LogP contribution is 2.20. The lowest BCUT2D eigenvalue weighted by atomic mass is 10.2. The van der Waals surface area contributed by atoms with Gasteiger partial charge in [0.05, 0.1) is 11.0 Å². The zero-order chi connectivity index (χ0) is 15.4. The Balaban J connectivity index is 1.51. The number of nitrogens with one attached hydrogen (secondary N) is 2. The number of carbonyl (C=O) groups excluding carboxylic acids is 1. The van der Waals surface area contributed by atoms with Crippen molar-refractivity contribution in [3.8, 4) is 0 Å². The maximum absolute atomic E-state index is 11.9. The number of para-hydroxylation sites is 2. The van der Waals surface area contributed by atoms with E-state index < -0.39 is 0 Å². The van der Waals surface area contributed by atoms with Crippen LogP contribution in [0.2, 0.25) is 0 Å². The van der Waals surface area contributed by atoms with Crippen molar-refractivity contribution in [2.24, 2.45) is 0 Å². The third-order valence-corrected chi connectivity index (χ3v) is 4.11. The van der Waals surface area contributed by atoms with Gasteiger partial charge in [0.15, 0.2) is 5.16 Å². The molecule has 0 unspecified atom stereocenters. The summed E-state index contributed by atoms with van der Waals surface area (Å²) in [5.41, 5.74) is 3.96. The number of aromatic amines is 1. The van der Waals surface area contributed by atoms with Crippen LogP contribution in [-0.2, 0) is 4.79 Å². The number of hydrogen-bond donors (Lipinski definition) is 2. The predicted octanol–water partition coefficient (Wildman–Crippen LogP) is 3.99. The molecule has 3 aromatic rings. The van der Waals surface area contributed by atoms with E-state index in [1.165, 1.54) is 0 Å². The maximum atomic E-state index is 11.9. The molecule has 22 heavy (non-hydrogen) atoms. The van der Waals surface area contributed by atoms with Crippen LogP contribution in [0, 0.1) is 6.92 Å². The van der Waals surface area contributed by atoms with Crippen molar-refractivity contribution in [3.05, 3.63) is 54.1 Å². The minimum Gasteiger partial charge on any atom is -0.333 e. The molecule has 0 aliphatic rings. The minimum atomic E-state index is 0.0224. The van der Waals surface area contributed by atoms with E-state index in [1.54, 1.807) is 11.8 Å². The van der Waals surface area contributed by atoms with Crippen molar-refractivity contribution >= 4 is 34.4 Å². The van der Waals surface area contributed by atoms with Gasteiger partial charge in [-0.05, 0) is 36.8 Å². The zero-order valence-electron chi connectivity index (χ0n) is 12.3. The number of aromatic nitrogens is 2. The second-order valence-electron chi connectivity index (χ2n) is 5.08. The number of H-pyrrole nitrogens is 1. The Morgan fingerprint density at radius 1 is 1.23 bits per heavy atom. The van der Waals surface area contributed by atoms with Gasteiger partial charge in [0.2, 0.25) is 5.91 Å². The first-order chi connectivity index (χ1) is 10.7. The lowest BCUT2D eigenvalue weighted by Crippen LogP contribution is -2.12. The number of aryl methyl sites for hydroxylation is 1. The molecular formula is C17H17N3OS. The predicted molar refractivity (Wildman–Crippen MR) is 91.2 cm³/mol. The van der Waals surface area contributed by atoms with Crippen molar-refractivity contribution in [2.75, 3.05) is 11.1 Å². The first-order valence-electron chi connectivity index (χ1n) is 7.15. The summed E-state index contributed by atoms with van der Waals surface area (Å²) in [6.07, 6.45) is 0.454. The van der Waals surface area contributed by atoms with E-state index in [-0.39, 0.29) is 5.91 Å². The number of hydrogen-bond acceptors (Lipinski definition) is 3. The van der Waals surface area contributed by atoms with Gasteiger partial charge in [-0.15, -0.1) is 0 Å². The van der Waals surface area contributed by atoms with Crippen LogP contribution in [0.1, 0.15) is 12.0 Å². The molecule has 0 saturated carbocycles. The van der Waals surface area contributed by atoms with Gasteiger partial charge < -0.3 is 10.3 Å². The maximum Gasteiger partial charge on any atom is 0.225 e. The van der Waals surface area contributed by atoms with Gasteiger partial charge in [-0.3, -0.25) is 4.79 Å². The molecule has 1 heterocycles. The average Bonchev–Trinajstić information content (AvgIpc) is 2.90. The third kappa shape index (κ3) is 3.68. The molecule has 5 heteroatoms. The molecule has 0 saturated heterocycles. The Kier molecular flexibility index (Phi) is 4.44. The molecule has 0 atom stereocenters. The summed E-state index contributed by atoms with van der Waals surface area (Å²) in [7, 11) is 0. The SMILES string of the molecule is Cc1cccc(NC(=O)CCSc2nc3ccccc3[nH]2)c1. The summed E-state index contributed by atoms with van der Waals surface area (Å²) < 4.78 is 0. The Labute approximate surface area is 133 Å². The minimum absolute atomic E-state index is 0.0224. The molecule has 0 bridgehead atoms. The van der Waals surface area contributed by atoms with Crippen molar-refractivity contribution < 1.29 is 4.79 Å². The van der Waals surface area contributed by atoms with Gasteiger partial charge in [0.1, 0.15) is 0 Å². The second-order valence-corrected chi connectivity index (χ2v) is 6.16. The van der Waals surface area contributed by atoms with Crippen LogP contribution in [-0.4, -0.2) is 21.6 Å². The first kappa shape index (κ1) is 14.7. The number of anilines is 1. The van der Waals surface area contributed by atoms with Crippen molar-refractivity contribution in [3.63, 3.8) is 0 Å². The number of imidazole rings is 1. The molecule has 0 radical (unpaired) electrons. The molecule has 4 nitrogen and oxygen atoms in total. The fourth-order valence-electron chi connectivity index (χ4n) is 2.18. The number of rotatable bonds is 5. The first-order valence-corrected chi connectivity index (χ1v) is 8.13. The van der Waals surface area contributed by atoms with Crippen LogP contribution in [0.25, 0.3) is 11.0 Å². The van der Waals surface area contributed by atoms with Gasteiger partial charge in [-0.25, -0.2) is 4.98 Å². The highest BCUT2D eigenvalue weighted by molar-refractivity contribution is 7.99. The van der Waals surface area contributed by atoms with E-state index in [0.29, 0.717) is 12.2 Å². The lowest BCUT2D eigenvalue weighted by Gasteiger charge is -2.05. The number of carbonyl (C=O) groups is 1. The van der Waals surface area contributed by atoms with Gasteiger partial charge in [-0.1, -0.05) is 36.0 Å². The van der Waals surface area contributed by atoms with Crippen molar-refractivity contribution in [1.29, 1.82) is 0 Å². The smallest absolute Gasteiger partial charge is 0.225 e. The van der Waals surface area contributed by atoms with E-state index in [0.717, 1.165) is 27.4 Å². The molecule has 3 rings (SSSR count). The molecule has 0 fully saturated rings.